The second kappa shape index (κ2) is 6.25. The summed E-state index contributed by atoms with van der Waals surface area (Å²) < 4.78 is 2.21. The lowest BCUT2D eigenvalue weighted by molar-refractivity contribution is 0.439. The monoisotopic (exact) mass is 295 g/mol. The zero-order chi connectivity index (χ0) is 14.8. The van der Waals surface area contributed by atoms with Gasteiger partial charge in [-0.1, -0.05) is 37.5 Å². The second-order valence-electron chi connectivity index (χ2n) is 6.76. The zero-order valence-electron chi connectivity index (χ0n) is 13.2. The van der Waals surface area contributed by atoms with Gasteiger partial charge < -0.3 is 5.32 Å². The molecule has 1 saturated heterocycles. The maximum absolute atomic E-state index is 4.80. The number of para-hydroxylation sites is 1. The molecule has 2 aliphatic rings. The third-order valence-corrected chi connectivity index (χ3v) is 5.33. The van der Waals surface area contributed by atoms with Crippen LogP contribution in [0.1, 0.15) is 61.6 Å². The van der Waals surface area contributed by atoms with Crippen LogP contribution in [0.15, 0.2) is 36.5 Å². The Morgan fingerprint density at radius 2 is 1.77 bits per heavy atom. The van der Waals surface area contributed by atoms with Crippen LogP contribution in [0.3, 0.4) is 0 Å². The summed E-state index contributed by atoms with van der Waals surface area (Å²) in [6.45, 7) is 2.23. The molecule has 0 spiro atoms. The molecule has 22 heavy (non-hydrogen) atoms. The fraction of sp³-hybridized carbons (Fsp3) is 0.526. The second-order valence-corrected chi connectivity index (χ2v) is 6.76. The minimum atomic E-state index is 0.611. The van der Waals surface area contributed by atoms with E-state index in [-0.39, 0.29) is 0 Å². The average molecular weight is 295 g/mol. The molecule has 0 radical (unpaired) electrons. The van der Waals surface area contributed by atoms with E-state index in [9.17, 15) is 0 Å². The summed E-state index contributed by atoms with van der Waals surface area (Å²) in [5, 5.41) is 8.32. The summed E-state index contributed by atoms with van der Waals surface area (Å²) in [6.07, 6.45) is 10.2. The van der Waals surface area contributed by atoms with E-state index < -0.39 is 0 Å². The maximum Gasteiger partial charge on any atom is 0.0649 e. The van der Waals surface area contributed by atoms with Crippen molar-refractivity contribution >= 4 is 0 Å². The fourth-order valence-electron chi connectivity index (χ4n) is 4.17. The summed E-state index contributed by atoms with van der Waals surface area (Å²) in [5.41, 5.74) is 4.20. The van der Waals surface area contributed by atoms with Crippen molar-refractivity contribution in [3.05, 3.63) is 47.8 Å². The van der Waals surface area contributed by atoms with Gasteiger partial charge in [0.05, 0.1) is 17.6 Å². The van der Waals surface area contributed by atoms with Gasteiger partial charge in [0, 0.05) is 12.5 Å². The highest BCUT2D eigenvalue weighted by atomic mass is 15.3. The van der Waals surface area contributed by atoms with Gasteiger partial charge in [0.2, 0.25) is 0 Å². The van der Waals surface area contributed by atoms with Crippen LogP contribution in [0, 0.1) is 0 Å². The van der Waals surface area contributed by atoms with Crippen molar-refractivity contribution in [2.75, 3.05) is 13.1 Å². The van der Waals surface area contributed by atoms with Crippen LogP contribution >= 0.6 is 0 Å². The van der Waals surface area contributed by atoms with Gasteiger partial charge in [0.15, 0.2) is 0 Å². The Hall–Kier alpha value is -1.61. The van der Waals surface area contributed by atoms with E-state index in [0.717, 1.165) is 19.0 Å². The molecule has 1 atom stereocenters. The molecule has 1 saturated carbocycles. The van der Waals surface area contributed by atoms with Gasteiger partial charge in [-0.15, -0.1) is 0 Å². The summed E-state index contributed by atoms with van der Waals surface area (Å²) in [7, 11) is 0. The van der Waals surface area contributed by atoms with Crippen LogP contribution in [0.4, 0.5) is 0 Å². The van der Waals surface area contributed by atoms with Crippen molar-refractivity contribution in [1.82, 2.24) is 15.1 Å². The van der Waals surface area contributed by atoms with Crippen molar-refractivity contribution in [2.24, 2.45) is 0 Å². The molecule has 0 amide bonds. The number of hydrogen-bond acceptors (Lipinski definition) is 2. The van der Waals surface area contributed by atoms with Gasteiger partial charge in [-0.05, 0) is 49.4 Å². The molecule has 1 aromatic carbocycles. The van der Waals surface area contributed by atoms with E-state index in [4.69, 9.17) is 5.10 Å². The number of nitrogens with one attached hydrogen (secondary N) is 1. The van der Waals surface area contributed by atoms with Crippen LogP contribution < -0.4 is 5.32 Å². The lowest BCUT2D eigenvalue weighted by atomic mass is 9.82. The van der Waals surface area contributed by atoms with Crippen LogP contribution in [0.2, 0.25) is 0 Å². The molecule has 116 valence electrons. The normalized spacial score (nSPS) is 23.0. The number of hydrogen-bond donors (Lipinski definition) is 1. The molecule has 1 aliphatic heterocycles. The Kier molecular flexibility index (Phi) is 3.98. The molecular weight excluding hydrogens is 270 g/mol. The van der Waals surface area contributed by atoms with E-state index in [1.807, 2.05) is 0 Å². The van der Waals surface area contributed by atoms with E-state index in [2.05, 4.69) is 46.5 Å². The number of rotatable bonds is 3. The SMILES string of the molecule is c1ccc(-n2ncc(C3CCCCC3)c2C2CCNC2)cc1. The van der Waals surface area contributed by atoms with Crippen molar-refractivity contribution in [3.8, 4) is 5.69 Å². The van der Waals surface area contributed by atoms with Gasteiger partial charge in [-0.3, -0.25) is 0 Å². The molecule has 2 aromatic rings. The summed E-state index contributed by atoms with van der Waals surface area (Å²) >= 11 is 0. The van der Waals surface area contributed by atoms with Crippen molar-refractivity contribution < 1.29 is 0 Å². The quantitative estimate of drug-likeness (QED) is 0.927. The fourth-order valence-corrected chi connectivity index (χ4v) is 4.17. The first-order valence-electron chi connectivity index (χ1n) is 8.77. The highest BCUT2D eigenvalue weighted by Gasteiger charge is 2.29. The Labute approximate surface area is 132 Å². The smallest absolute Gasteiger partial charge is 0.0649 e. The predicted octanol–water partition coefficient (Wildman–Crippen LogP) is 4.00. The van der Waals surface area contributed by atoms with Gasteiger partial charge >= 0.3 is 0 Å². The largest absolute Gasteiger partial charge is 0.316 e. The molecule has 1 aromatic heterocycles. The third-order valence-electron chi connectivity index (χ3n) is 5.33. The number of aromatic nitrogens is 2. The van der Waals surface area contributed by atoms with Crippen LogP contribution in [0.5, 0.6) is 0 Å². The van der Waals surface area contributed by atoms with Crippen LogP contribution in [-0.2, 0) is 0 Å². The Morgan fingerprint density at radius 1 is 0.955 bits per heavy atom. The van der Waals surface area contributed by atoms with Crippen LogP contribution in [0.25, 0.3) is 5.69 Å². The van der Waals surface area contributed by atoms with E-state index in [1.165, 1.54) is 55.5 Å². The minimum Gasteiger partial charge on any atom is -0.316 e. The molecule has 0 bridgehead atoms. The van der Waals surface area contributed by atoms with Crippen molar-refractivity contribution in [3.63, 3.8) is 0 Å². The van der Waals surface area contributed by atoms with Gasteiger partial charge in [-0.2, -0.15) is 5.10 Å². The Morgan fingerprint density at radius 3 is 2.50 bits per heavy atom. The number of benzene rings is 1. The predicted molar refractivity (Wildman–Crippen MR) is 89.6 cm³/mol. The first-order valence-corrected chi connectivity index (χ1v) is 8.77. The molecular formula is C19H25N3. The first kappa shape index (κ1) is 14.0. The molecule has 3 nitrogen and oxygen atoms in total. The average Bonchev–Trinajstić information content (AvgIpc) is 3.25. The Bertz CT molecular complexity index is 605. The van der Waals surface area contributed by atoms with Crippen molar-refractivity contribution in [2.45, 2.75) is 50.4 Å². The lowest BCUT2D eigenvalue weighted by Crippen LogP contribution is -2.15. The Balaban J connectivity index is 1.76. The molecule has 1 N–H and O–H groups in total. The van der Waals surface area contributed by atoms with E-state index in [0.29, 0.717) is 5.92 Å². The highest BCUT2D eigenvalue weighted by Crippen LogP contribution is 2.38. The van der Waals surface area contributed by atoms with E-state index in [1.54, 1.807) is 0 Å². The van der Waals surface area contributed by atoms with Gasteiger partial charge in [0.1, 0.15) is 0 Å². The first-order chi connectivity index (χ1) is 10.9. The molecule has 3 heteroatoms. The zero-order valence-corrected chi connectivity index (χ0v) is 13.2. The standard InChI is InChI=1S/C19H25N3/c1-3-7-15(8-4-1)18-14-21-22(17-9-5-2-6-10-17)19(18)16-11-12-20-13-16/h2,5-6,9-10,14-16,20H,1,3-4,7-8,11-13H2. The molecule has 2 fully saturated rings. The minimum absolute atomic E-state index is 0.611. The summed E-state index contributed by atoms with van der Waals surface area (Å²) in [4.78, 5) is 0. The van der Waals surface area contributed by atoms with E-state index >= 15 is 0 Å². The molecule has 1 unspecified atom stereocenters. The van der Waals surface area contributed by atoms with Crippen molar-refractivity contribution in [1.29, 1.82) is 0 Å². The summed E-state index contributed by atoms with van der Waals surface area (Å²) in [6, 6.07) is 10.6. The summed E-state index contributed by atoms with van der Waals surface area (Å²) in [5.74, 6) is 1.33. The maximum atomic E-state index is 4.80. The molecule has 2 heterocycles. The number of nitrogens with zero attached hydrogens (tertiary/aromatic N) is 2. The highest BCUT2D eigenvalue weighted by molar-refractivity contribution is 5.38. The molecule has 4 rings (SSSR count). The van der Waals surface area contributed by atoms with Gasteiger partial charge in [-0.25, -0.2) is 4.68 Å². The third kappa shape index (κ3) is 2.58. The van der Waals surface area contributed by atoms with Crippen LogP contribution in [-0.4, -0.2) is 22.9 Å². The lowest BCUT2D eigenvalue weighted by Gasteiger charge is -2.24. The van der Waals surface area contributed by atoms with Gasteiger partial charge in [0.25, 0.3) is 0 Å². The molecule has 1 aliphatic carbocycles. The topological polar surface area (TPSA) is 29.9 Å².